The number of halogens is 1. The summed E-state index contributed by atoms with van der Waals surface area (Å²) in [6, 6.07) is 3.77. The molecule has 1 aliphatic rings. The van der Waals surface area contributed by atoms with E-state index >= 15 is 0 Å². The van der Waals surface area contributed by atoms with Gasteiger partial charge >= 0.3 is 6.09 Å². The Morgan fingerprint density at radius 3 is 2.38 bits per heavy atom. The van der Waals surface area contributed by atoms with Crippen molar-refractivity contribution in [2.45, 2.75) is 6.92 Å². The van der Waals surface area contributed by atoms with Crippen LogP contribution in [0.25, 0.3) is 0 Å². The van der Waals surface area contributed by atoms with E-state index in [0.717, 1.165) is 12.1 Å². The molecule has 7 heteroatoms. The third-order valence-electron chi connectivity index (χ3n) is 3.26. The van der Waals surface area contributed by atoms with Gasteiger partial charge in [0, 0.05) is 37.4 Å². The number of nitrogens with zero attached hydrogens (tertiary/aromatic N) is 2. The number of nitrogens with two attached hydrogens (primary N) is 1. The van der Waals surface area contributed by atoms with Gasteiger partial charge in [0.05, 0.1) is 6.61 Å². The summed E-state index contributed by atoms with van der Waals surface area (Å²) in [6.45, 7) is 3.62. The molecule has 0 atom stereocenters. The maximum absolute atomic E-state index is 13.3. The molecule has 2 N–H and O–H groups in total. The number of anilines is 1. The Hall–Kier alpha value is -2.31. The van der Waals surface area contributed by atoms with Crippen molar-refractivity contribution >= 4 is 17.7 Å². The van der Waals surface area contributed by atoms with Gasteiger partial charge in [-0.25, -0.2) is 9.18 Å². The Morgan fingerprint density at radius 1 is 1.19 bits per heavy atom. The molecular weight excluding hydrogens is 277 g/mol. The number of piperazine rings is 1. The molecule has 0 bridgehead atoms. The fourth-order valence-corrected chi connectivity index (χ4v) is 2.23. The van der Waals surface area contributed by atoms with E-state index in [-0.39, 0.29) is 23.3 Å². The SMILES string of the molecule is CCOC(=O)N1CCN(C(=O)c2cc(N)cc(F)c2)CC1. The quantitative estimate of drug-likeness (QED) is 0.835. The maximum Gasteiger partial charge on any atom is 0.409 e. The van der Waals surface area contributed by atoms with Gasteiger partial charge in [-0.2, -0.15) is 0 Å². The fourth-order valence-electron chi connectivity index (χ4n) is 2.23. The first-order valence-corrected chi connectivity index (χ1v) is 6.78. The van der Waals surface area contributed by atoms with Crippen LogP contribution in [-0.4, -0.2) is 54.6 Å². The molecule has 1 fully saturated rings. The number of carbonyl (C=O) groups excluding carboxylic acids is 2. The first-order valence-electron chi connectivity index (χ1n) is 6.78. The van der Waals surface area contributed by atoms with Gasteiger partial charge in [-0.1, -0.05) is 0 Å². The Balaban J connectivity index is 1.98. The third-order valence-corrected chi connectivity index (χ3v) is 3.26. The lowest BCUT2D eigenvalue weighted by Crippen LogP contribution is -2.50. The summed E-state index contributed by atoms with van der Waals surface area (Å²) in [5.74, 6) is -0.826. The summed E-state index contributed by atoms with van der Waals surface area (Å²) in [7, 11) is 0. The highest BCUT2D eigenvalue weighted by Crippen LogP contribution is 2.14. The monoisotopic (exact) mass is 295 g/mol. The van der Waals surface area contributed by atoms with Gasteiger partial charge in [0.25, 0.3) is 5.91 Å². The average molecular weight is 295 g/mol. The first-order chi connectivity index (χ1) is 10.0. The second kappa shape index (κ2) is 6.43. The van der Waals surface area contributed by atoms with Crippen LogP contribution in [0.2, 0.25) is 0 Å². The molecule has 1 aliphatic heterocycles. The summed E-state index contributed by atoms with van der Waals surface area (Å²) in [6.07, 6.45) is -0.375. The Kier molecular flexibility index (Phi) is 4.62. The molecule has 1 aromatic rings. The molecule has 0 aliphatic carbocycles. The zero-order chi connectivity index (χ0) is 15.4. The minimum Gasteiger partial charge on any atom is -0.450 e. The van der Waals surface area contributed by atoms with E-state index in [1.165, 1.54) is 6.07 Å². The molecule has 0 unspecified atom stereocenters. The Labute approximate surface area is 122 Å². The van der Waals surface area contributed by atoms with E-state index in [1.54, 1.807) is 16.7 Å². The van der Waals surface area contributed by atoms with Gasteiger partial charge < -0.3 is 20.3 Å². The zero-order valence-corrected chi connectivity index (χ0v) is 11.8. The van der Waals surface area contributed by atoms with Crippen LogP contribution in [0.3, 0.4) is 0 Å². The lowest BCUT2D eigenvalue weighted by Gasteiger charge is -2.34. The van der Waals surface area contributed by atoms with Crippen molar-refractivity contribution in [2.24, 2.45) is 0 Å². The highest BCUT2D eigenvalue weighted by molar-refractivity contribution is 5.95. The predicted molar refractivity (Wildman–Crippen MR) is 75.3 cm³/mol. The van der Waals surface area contributed by atoms with Gasteiger partial charge in [0.1, 0.15) is 5.82 Å². The summed E-state index contributed by atoms with van der Waals surface area (Å²) < 4.78 is 18.2. The highest BCUT2D eigenvalue weighted by Gasteiger charge is 2.25. The van der Waals surface area contributed by atoms with E-state index in [1.807, 2.05) is 0 Å². The third kappa shape index (κ3) is 3.62. The Morgan fingerprint density at radius 2 is 1.81 bits per heavy atom. The van der Waals surface area contributed by atoms with Gasteiger partial charge in [0.2, 0.25) is 0 Å². The number of nitrogen functional groups attached to an aromatic ring is 1. The molecule has 0 saturated carbocycles. The second-order valence-electron chi connectivity index (χ2n) is 4.75. The van der Waals surface area contributed by atoms with Gasteiger partial charge in [-0.15, -0.1) is 0 Å². The van der Waals surface area contributed by atoms with E-state index in [9.17, 15) is 14.0 Å². The van der Waals surface area contributed by atoms with Gasteiger partial charge in [-0.05, 0) is 25.1 Å². The minimum atomic E-state index is -0.538. The van der Waals surface area contributed by atoms with E-state index in [4.69, 9.17) is 10.5 Å². The van der Waals surface area contributed by atoms with Crippen molar-refractivity contribution in [2.75, 3.05) is 38.5 Å². The minimum absolute atomic E-state index is 0.212. The van der Waals surface area contributed by atoms with Crippen molar-refractivity contribution in [3.8, 4) is 0 Å². The van der Waals surface area contributed by atoms with Crippen molar-refractivity contribution in [3.05, 3.63) is 29.6 Å². The standard InChI is InChI=1S/C14H18FN3O3/c1-2-21-14(20)18-5-3-17(4-6-18)13(19)10-7-11(15)9-12(16)8-10/h7-9H,2-6,16H2,1H3. The van der Waals surface area contributed by atoms with E-state index in [0.29, 0.717) is 32.8 Å². The van der Waals surface area contributed by atoms with Crippen LogP contribution in [0, 0.1) is 5.82 Å². The number of hydrogen-bond acceptors (Lipinski definition) is 4. The normalized spacial score (nSPS) is 15.0. The van der Waals surface area contributed by atoms with Crippen LogP contribution in [-0.2, 0) is 4.74 Å². The predicted octanol–water partition coefficient (Wildman–Crippen LogP) is 1.32. The maximum atomic E-state index is 13.3. The van der Waals surface area contributed by atoms with Crippen LogP contribution in [0.5, 0.6) is 0 Å². The van der Waals surface area contributed by atoms with Crippen LogP contribution in [0.15, 0.2) is 18.2 Å². The van der Waals surface area contributed by atoms with Crippen LogP contribution < -0.4 is 5.73 Å². The molecule has 1 aromatic carbocycles. The van der Waals surface area contributed by atoms with Crippen molar-refractivity contribution in [1.29, 1.82) is 0 Å². The molecule has 21 heavy (non-hydrogen) atoms. The lowest BCUT2D eigenvalue weighted by atomic mass is 10.1. The van der Waals surface area contributed by atoms with Crippen molar-refractivity contribution in [3.63, 3.8) is 0 Å². The number of carbonyl (C=O) groups is 2. The molecule has 6 nitrogen and oxygen atoms in total. The molecule has 2 amide bonds. The van der Waals surface area contributed by atoms with Gasteiger partial charge in [0.15, 0.2) is 0 Å². The van der Waals surface area contributed by atoms with Crippen LogP contribution in [0.4, 0.5) is 14.9 Å². The fraction of sp³-hybridized carbons (Fsp3) is 0.429. The molecule has 2 rings (SSSR count). The first kappa shape index (κ1) is 15.1. The lowest BCUT2D eigenvalue weighted by molar-refractivity contribution is 0.0570. The molecule has 114 valence electrons. The summed E-state index contributed by atoms with van der Waals surface area (Å²) in [5.41, 5.74) is 5.97. The Bertz CT molecular complexity index is 522. The smallest absolute Gasteiger partial charge is 0.409 e. The molecule has 1 heterocycles. The number of rotatable bonds is 2. The summed E-state index contributed by atoms with van der Waals surface area (Å²) in [5, 5.41) is 0. The largest absolute Gasteiger partial charge is 0.450 e. The van der Waals surface area contributed by atoms with Gasteiger partial charge in [-0.3, -0.25) is 4.79 Å². The van der Waals surface area contributed by atoms with E-state index in [2.05, 4.69) is 0 Å². The number of amides is 2. The summed E-state index contributed by atoms with van der Waals surface area (Å²) in [4.78, 5) is 27.0. The highest BCUT2D eigenvalue weighted by atomic mass is 19.1. The second-order valence-corrected chi connectivity index (χ2v) is 4.75. The van der Waals surface area contributed by atoms with E-state index < -0.39 is 5.82 Å². The van der Waals surface area contributed by atoms with Crippen LogP contribution in [0.1, 0.15) is 17.3 Å². The number of ether oxygens (including phenoxy) is 1. The number of hydrogen-bond donors (Lipinski definition) is 1. The average Bonchev–Trinajstić information content (AvgIpc) is 2.46. The molecule has 1 saturated heterocycles. The molecule has 0 spiro atoms. The molecule has 0 aromatic heterocycles. The van der Waals surface area contributed by atoms with Crippen LogP contribution >= 0.6 is 0 Å². The summed E-state index contributed by atoms with van der Waals surface area (Å²) >= 11 is 0. The zero-order valence-electron chi connectivity index (χ0n) is 11.8. The van der Waals surface area contributed by atoms with Crippen molar-refractivity contribution in [1.82, 2.24) is 9.80 Å². The molecular formula is C14H18FN3O3. The molecule has 0 radical (unpaired) electrons. The number of benzene rings is 1. The topological polar surface area (TPSA) is 75.9 Å². The van der Waals surface area contributed by atoms with Crippen molar-refractivity contribution < 1.29 is 18.7 Å².